The van der Waals surface area contributed by atoms with Gasteiger partial charge in [-0.15, -0.1) is 0 Å². The van der Waals surface area contributed by atoms with Gasteiger partial charge in [0.2, 0.25) is 41.4 Å². The number of carbonyl (C=O) groups is 8. The third-order valence-electron chi connectivity index (χ3n) is 10.8. The van der Waals surface area contributed by atoms with Gasteiger partial charge in [-0.1, -0.05) is 76.6 Å². The van der Waals surface area contributed by atoms with Gasteiger partial charge in [0.25, 0.3) is 0 Å². The molecule has 0 aliphatic carbocycles. The number of hydrogen-bond donors (Lipinski definition) is 8. The Morgan fingerprint density at radius 1 is 0.825 bits per heavy atom. The number of aromatic hydroxyl groups is 1. The number of fused-ring (bicyclic) bond motifs is 1. The summed E-state index contributed by atoms with van der Waals surface area (Å²) in [6, 6.07) is 6.81. The summed E-state index contributed by atoms with van der Waals surface area (Å²) in [6.45, 7) is 7.65. The predicted molar refractivity (Wildman–Crippen MR) is 230 cm³/mol. The minimum atomic E-state index is -1.66. The topological polar surface area (TPSA) is 262 Å². The molecule has 7 atom stereocenters. The van der Waals surface area contributed by atoms with Crippen LogP contribution in [0.1, 0.15) is 84.3 Å². The highest BCUT2D eigenvalue weighted by Crippen LogP contribution is 2.21. The molecule has 2 aromatic rings. The van der Waals surface area contributed by atoms with Crippen LogP contribution in [0.15, 0.2) is 54.6 Å². The molecule has 2 aliphatic rings. The van der Waals surface area contributed by atoms with Crippen molar-refractivity contribution >= 4 is 47.3 Å². The van der Waals surface area contributed by atoms with Crippen LogP contribution in [0.25, 0.3) is 0 Å². The van der Waals surface area contributed by atoms with Crippen molar-refractivity contribution in [3.05, 3.63) is 65.7 Å². The zero-order valence-electron chi connectivity index (χ0n) is 36.7. The van der Waals surface area contributed by atoms with Gasteiger partial charge in [0.05, 0.1) is 6.10 Å². The molecule has 2 aromatic carbocycles. The summed E-state index contributed by atoms with van der Waals surface area (Å²) in [5.41, 5.74) is 1.21. The minimum absolute atomic E-state index is 0.0136. The van der Waals surface area contributed by atoms with E-state index in [1.54, 1.807) is 42.5 Å². The Kier molecular flexibility index (Phi) is 18.9. The van der Waals surface area contributed by atoms with Crippen LogP contribution in [0.3, 0.4) is 0 Å². The van der Waals surface area contributed by atoms with E-state index in [1.165, 1.54) is 24.0 Å². The van der Waals surface area contributed by atoms with E-state index < -0.39 is 103 Å². The van der Waals surface area contributed by atoms with Gasteiger partial charge in [-0.05, 0) is 67.7 Å². The van der Waals surface area contributed by atoms with Crippen molar-refractivity contribution in [3.63, 3.8) is 0 Å². The lowest BCUT2D eigenvalue weighted by molar-refractivity contribution is -0.147. The Morgan fingerprint density at radius 3 is 2.16 bits per heavy atom. The van der Waals surface area contributed by atoms with Crippen LogP contribution in [0.2, 0.25) is 0 Å². The van der Waals surface area contributed by atoms with Crippen molar-refractivity contribution in [1.29, 1.82) is 0 Å². The Hall–Kier alpha value is -6.04. The molecule has 2 aliphatic heterocycles. The summed E-state index contributed by atoms with van der Waals surface area (Å²) in [5, 5.41) is 36.0. The van der Waals surface area contributed by atoms with Crippen LogP contribution in [-0.4, -0.2) is 124 Å². The molecular formula is C45H63N7O11. The van der Waals surface area contributed by atoms with Gasteiger partial charge >= 0.3 is 5.97 Å². The zero-order valence-corrected chi connectivity index (χ0v) is 36.7. The number of amides is 7. The van der Waals surface area contributed by atoms with Gasteiger partial charge in [-0.3, -0.25) is 38.4 Å². The maximum atomic E-state index is 14.3. The number of esters is 1. The third-order valence-corrected chi connectivity index (χ3v) is 10.8. The van der Waals surface area contributed by atoms with Crippen LogP contribution in [0.5, 0.6) is 5.75 Å². The number of nitrogens with zero attached hydrogens (tertiary/aromatic N) is 1. The largest absolute Gasteiger partial charge is 0.508 e. The fraction of sp³-hybridized carbons (Fsp3) is 0.556. The van der Waals surface area contributed by atoms with Crippen molar-refractivity contribution < 1.29 is 53.3 Å². The number of hydrogen-bond acceptors (Lipinski definition) is 11. The number of nitrogens with one attached hydrogen (secondary N) is 6. The van der Waals surface area contributed by atoms with E-state index in [0.29, 0.717) is 29.9 Å². The van der Waals surface area contributed by atoms with Crippen molar-refractivity contribution in [3.8, 4) is 5.75 Å². The maximum absolute atomic E-state index is 14.3. The normalized spacial score (nSPS) is 22.9. The number of aliphatic hydroxyl groups excluding tert-OH is 1. The summed E-state index contributed by atoms with van der Waals surface area (Å²) in [5.74, 6) is -5.95. The molecule has 2 saturated heterocycles. The van der Waals surface area contributed by atoms with Gasteiger partial charge < -0.3 is 51.8 Å². The molecule has 0 bridgehead atoms. The molecule has 0 radical (unpaired) electrons. The maximum Gasteiger partial charge on any atom is 0.325 e. The molecule has 0 spiro atoms. The molecule has 0 saturated carbocycles. The molecule has 2 heterocycles. The minimum Gasteiger partial charge on any atom is -0.508 e. The van der Waals surface area contributed by atoms with Crippen molar-refractivity contribution in [1.82, 2.24) is 36.8 Å². The van der Waals surface area contributed by atoms with E-state index in [9.17, 15) is 48.6 Å². The fourth-order valence-corrected chi connectivity index (χ4v) is 7.42. The van der Waals surface area contributed by atoms with E-state index in [1.807, 2.05) is 27.7 Å². The molecule has 18 nitrogen and oxygen atoms in total. The molecule has 2 unspecified atom stereocenters. The van der Waals surface area contributed by atoms with E-state index in [-0.39, 0.29) is 50.3 Å². The highest BCUT2D eigenvalue weighted by atomic mass is 16.5. The molecule has 18 heteroatoms. The number of cyclic esters (lactones) is 1. The lowest BCUT2D eigenvalue weighted by Gasteiger charge is -2.31. The van der Waals surface area contributed by atoms with E-state index >= 15 is 0 Å². The number of benzene rings is 2. The van der Waals surface area contributed by atoms with Crippen molar-refractivity contribution in [2.75, 3.05) is 19.7 Å². The first-order valence-electron chi connectivity index (χ1n) is 21.7. The highest BCUT2D eigenvalue weighted by molar-refractivity contribution is 5.98. The monoisotopic (exact) mass is 877 g/mol. The molecule has 7 amide bonds. The lowest BCUT2D eigenvalue weighted by atomic mass is 10.00. The van der Waals surface area contributed by atoms with E-state index in [0.717, 1.165) is 6.42 Å². The zero-order chi connectivity index (χ0) is 46.2. The number of rotatable bonds is 14. The second kappa shape index (κ2) is 24.0. The second-order valence-electron chi connectivity index (χ2n) is 17.1. The van der Waals surface area contributed by atoms with Gasteiger partial charge in [0, 0.05) is 25.8 Å². The Morgan fingerprint density at radius 2 is 1.51 bits per heavy atom. The first kappa shape index (κ1) is 49.6. The summed E-state index contributed by atoms with van der Waals surface area (Å²) >= 11 is 0. The van der Waals surface area contributed by atoms with Crippen LogP contribution in [0.4, 0.5) is 0 Å². The molecule has 344 valence electrons. The Labute approximate surface area is 368 Å². The molecular weight excluding hydrogens is 815 g/mol. The molecule has 4 rings (SSSR count). The van der Waals surface area contributed by atoms with Crippen LogP contribution in [0, 0.1) is 11.8 Å². The van der Waals surface area contributed by atoms with Crippen LogP contribution >= 0.6 is 0 Å². The SMILES string of the molecule is CC(C)CCCC(=O)N[C@@H](Cc1ccc(O)cc1)C(=O)N[C@@H]1COC(=O)CNC(=O)C(C(C)O)NC(=O)[C@@H]2CCCN2C(=O)[C@@H](CC(C)C)NC(=O)[C@H](Cc2ccccc2)NC1=O. The molecule has 63 heavy (non-hydrogen) atoms. The van der Waals surface area contributed by atoms with Gasteiger partial charge in [-0.25, -0.2) is 0 Å². The summed E-state index contributed by atoms with van der Waals surface area (Å²) in [7, 11) is 0. The van der Waals surface area contributed by atoms with Crippen molar-refractivity contribution in [2.24, 2.45) is 11.8 Å². The summed E-state index contributed by atoms with van der Waals surface area (Å²) in [4.78, 5) is 111. The van der Waals surface area contributed by atoms with Gasteiger partial charge in [0.1, 0.15) is 55.2 Å². The van der Waals surface area contributed by atoms with Crippen molar-refractivity contribution in [2.45, 2.75) is 128 Å². The number of aliphatic hydroxyl groups is 1. The smallest absolute Gasteiger partial charge is 0.325 e. The standard InChI is InChI=1S/C45H63N7O11/c1-26(2)11-9-15-37(55)47-32(23-30-16-18-31(54)19-17-30)40(57)50-35-25-63-38(56)24-46-44(61)39(28(5)53)51-43(60)36-14-10-20-52(36)45(62)34(21-27(3)4)49-41(58)33(48-42(35)59)22-29-12-7-6-8-13-29/h6-8,12-13,16-19,26-28,32-36,39,53-54H,9-11,14-15,20-25H2,1-5H3,(H,46,61)(H,47,55)(H,48,59)(H,49,58)(H,50,57)(H,51,60)/t28?,32-,33-,34+,35+,36-,39?/m0/s1. The Balaban J connectivity index is 1.71. The highest BCUT2D eigenvalue weighted by Gasteiger charge is 2.41. The van der Waals surface area contributed by atoms with E-state index in [4.69, 9.17) is 4.74 Å². The predicted octanol–water partition coefficient (Wildman–Crippen LogP) is 0.519. The first-order chi connectivity index (χ1) is 29.9. The number of carbonyl (C=O) groups excluding carboxylic acids is 8. The first-order valence-corrected chi connectivity index (χ1v) is 21.7. The quantitative estimate of drug-likeness (QED) is 0.121. The summed E-state index contributed by atoms with van der Waals surface area (Å²) < 4.78 is 5.39. The van der Waals surface area contributed by atoms with Gasteiger partial charge in [-0.2, -0.15) is 0 Å². The Bertz CT molecular complexity index is 1910. The molecule has 8 N–H and O–H groups in total. The van der Waals surface area contributed by atoms with E-state index in [2.05, 4.69) is 31.9 Å². The van der Waals surface area contributed by atoms with Crippen LogP contribution in [-0.2, 0) is 55.9 Å². The fourth-order valence-electron chi connectivity index (χ4n) is 7.42. The second-order valence-corrected chi connectivity index (χ2v) is 17.1. The number of phenols is 1. The average Bonchev–Trinajstić information content (AvgIpc) is 3.73. The van der Waals surface area contributed by atoms with Crippen LogP contribution < -0.4 is 31.9 Å². The number of ether oxygens (including phenoxy) is 1. The average molecular weight is 878 g/mol. The molecule has 2 fully saturated rings. The number of phenolic OH excluding ortho intramolecular Hbond substituents is 1. The van der Waals surface area contributed by atoms with Gasteiger partial charge in [0.15, 0.2) is 0 Å². The summed E-state index contributed by atoms with van der Waals surface area (Å²) in [6.07, 6.45) is 0.787. The third kappa shape index (κ3) is 15.7. The lowest BCUT2D eigenvalue weighted by Crippen LogP contribution is -2.61. The molecule has 0 aromatic heterocycles.